The van der Waals surface area contributed by atoms with Gasteiger partial charge >= 0.3 is 0 Å². The first-order valence-corrected chi connectivity index (χ1v) is 13.3. The topological polar surface area (TPSA) is 96.7 Å². The van der Waals surface area contributed by atoms with Gasteiger partial charge in [-0.2, -0.15) is 5.21 Å². The molecule has 0 radical (unpaired) electrons. The second-order valence-electron chi connectivity index (χ2n) is 8.84. The molecule has 4 aromatic carbocycles. The Morgan fingerprint density at radius 2 is 1.61 bits per heavy atom. The third kappa shape index (κ3) is 4.25. The van der Waals surface area contributed by atoms with Crippen LogP contribution in [0.2, 0.25) is 0 Å². The third-order valence-electron chi connectivity index (χ3n) is 6.63. The molecule has 7 nitrogen and oxygen atoms in total. The number of thioether (sulfide) groups is 1. The van der Waals surface area contributed by atoms with Gasteiger partial charge in [0.15, 0.2) is 0 Å². The van der Waals surface area contributed by atoms with Crippen molar-refractivity contribution in [2.24, 2.45) is 0 Å². The van der Waals surface area contributed by atoms with E-state index in [-0.39, 0.29) is 11.3 Å². The highest BCUT2D eigenvalue weighted by molar-refractivity contribution is 7.98. The van der Waals surface area contributed by atoms with Crippen molar-refractivity contribution < 1.29 is 5.11 Å². The summed E-state index contributed by atoms with van der Waals surface area (Å²) in [6, 6.07) is 31.1. The normalized spacial score (nSPS) is 11.2. The number of pyridine rings is 1. The van der Waals surface area contributed by atoms with Crippen molar-refractivity contribution in [3.05, 3.63) is 113 Å². The molecule has 0 unspecified atom stereocenters. The number of aromatic amines is 1. The Bertz CT molecular complexity index is 1800. The van der Waals surface area contributed by atoms with Crippen LogP contribution >= 0.6 is 11.8 Å². The van der Waals surface area contributed by atoms with Crippen molar-refractivity contribution in [3.8, 4) is 39.4 Å². The Morgan fingerprint density at radius 1 is 0.868 bits per heavy atom. The van der Waals surface area contributed by atoms with E-state index in [0.717, 1.165) is 27.1 Å². The van der Waals surface area contributed by atoms with Crippen LogP contribution in [0.1, 0.15) is 5.56 Å². The number of hydrogen-bond donors (Lipinski definition) is 2. The molecule has 6 rings (SSSR count). The van der Waals surface area contributed by atoms with Gasteiger partial charge in [-0.1, -0.05) is 78.9 Å². The zero-order valence-electron chi connectivity index (χ0n) is 20.5. The summed E-state index contributed by atoms with van der Waals surface area (Å²) < 4.78 is 1.75. The van der Waals surface area contributed by atoms with E-state index in [2.05, 4.69) is 20.6 Å². The summed E-state index contributed by atoms with van der Waals surface area (Å²) in [6.45, 7) is 0.361. The third-order valence-corrected chi connectivity index (χ3v) is 7.35. The fourth-order valence-electron chi connectivity index (χ4n) is 4.74. The van der Waals surface area contributed by atoms with E-state index in [1.54, 1.807) is 16.3 Å². The number of hydrogen-bond acceptors (Lipinski definition) is 6. The SMILES string of the molecule is CSc1ccc2c(O)c(-c3ccccc3)c(=O)n(Cc3ccc(-c4ccccc4-c4nn[nH]n4)cc3)c2c1. The zero-order chi connectivity index (χ0) is 26.1. The van der Waals surface area contributed by atoms with E-state index in [1.807, 2.05) is 103 Å². The highest BCUT2D eigenvalue weighted by atomic mass is 32.2. The number of aromatic nitrogens is 5. The van der Waals surface area contributed by atoms with Gasteiger partial charge in [0.25, 0.3) is 5.56 Å². The van der Waals surface area contributed by atoms with Gasteiger partial charge in [-0.25, -0.2) is 0 Å². The van der Waals surface area contributed by atoms with Crippen LogP contribution in [0.5, 0.6) is 5.75 Å². The highest BCUT2D eigenvalue weighted by Gasteiger charge is 2.19. The molecule has 0 bridgehead atoms. The molecule has 0 aliphatic heterocycles. The molecule has 2 heterocycles. The predicted molar refractivity (Wildman–Crippen MR) is 151 cm³/mol. The number of fused-ring (bicyclic) bond motifs is 1. The number of H-pyrrole nitrogens is 1. The maximum absolute atomic E-state index is 13.8. The van der Waals surface area contributed by atoms with E-state index in [4.69, 9.17) is 0 Å². The second kappa shape index (κ2) is 9.99. The van der Waals surface area contributed by atoms with Gasteiger partial charge in [0.1, 0.15) is 5.75 Å². The molecule has 186 valence electrons. The first-order valence-electron chi connectivity index (χ1n) is 12.0. The highest BCUT2D eigenvalue weighted by Crippen LogP contribution is 2.35. The van der Waals surface area contributed by atoms with Gasteiger partial charge in [0.05, 0.1) is 17.6 Å². The van der Waals surface area contributed by atoms with Gasteiger partial charge in [-0.15, -0.1) is 22.0 Å². The first-order chi connectivity index (χ1) is 18.6. The average molecular weight is 518 g/mol. The van der Waals surface area contributed by atoms with Crippen molar-refractivity contribution in [2.75, 3.05) is 6.26 Å². The zero-order valence-corrected chi connectivity index (χ0v) is 21.3. The first kappa shape index (κ1) is 23.7. The molecular formula is C30H23N5O2S. The molecule has 38 heavy (non-hydrogen) atoms. The van der Waals surface area contributed by atoms with Crippen LogP contribution in [0, 0.1) is 0 Å². The molecular weight excluding hydrogens is 494 g/mol. The van der Waals surface area contributed by atoms with Crippen LogP contribution in [0.3, 0.4) is 0 Å². The summed E-state index contributed by atoms with van der Waals surface area (Å²) in [5.41, 5.74) is 5.31. The monoisotopic (exact) mass is 517 g/mol. The van der Waals surface area contributed by atoms with E-state index in [0.29, 0.717) is 34.4 Å². The van der Waals surface area contributed by atoms with Gasteiger partial charge < -0.3 is 9.67 Å². The summed E-state index contributed by atoms with van der Waals surface area (Å²) in [5, 5.41) is 26.3. The number of rotatable bonds is 6. The van der Waals surface area contributed by atoms with Crippen molar-refractivity contribution >= 4 is 22.7 Å². The van der Waals surface area contributed by atoms with Gasteiger partial charge in [-0.05, 0) is 51.9 Å². The van der Waals surface area contributed by atoms with Crippen LogP contribution in [-0.4, -0.2) is 36.6 Å². The lowest BCUT2D eigenvalue weighted by atomic mass is 9.98. The molecule has 8 heteroatoms. The Hall–Kier alpha value is -4.69. The van der Waals surface area contributed by atoms with Crippen LogP contribution < -0.4 is 5.56 Å². The lowest BCUT2D eigenvalue weighted by Crippen LogP contribution is -2.23. The second-order valence-corrected chi connectivity index (χ2v) is 9.72. The van der Waals surface area contributed by atoms with Crippen molar-refractivity contribution in [1.29, 1.82) is 0 Å². The molecule has 0 fully saturated rings. The van der Waals surface area contributed by atoms with Gasteiger partial charge in [0.2, 0.25) is 5.82 Å². The van der Waals surface area contributed by atoms with E-state index < -0.39 is 0 Å². The van der Waals surface area contributed by atoms with Crippen LogP contribution in [-0.2, 0) is 6.54 Å². The minimum absolute atomic E-state index is 0.00789. The Kier molecular flexibility index (Phi) is 6.23. The molecule has 2 aromatic heterocycles. The predicted octanol–water partition coefficient (Wildman–Crippen LogP) is 5.99. The molecule has 6 aromatic rings. The number of aromatic hydroxyl groups is 1. The molecule has 0 aliphatic rings. The summed E-state index contributed by atoms with van der Waals surface area (Å²) in [7, 11) is 0. The number of benzene rings is 4. The van der Waals surface area contributed by atoms with Crippen molar-refractivity contribution in [1.82, 2.24) is 25.2 Å². The minimum Gasteiger partial charge on any atom is -0.506 e. The lowest BCUT2D eigenvalue weighted by molar-refractivity contribution is 0.481. The van der Waals surface area contributed by atoms with Gasteiger partial charge in [0, 0.05) is 15.8 Å². The fourth-order valence-corrected chi connectivity index (χ4v) is 5.18. The molecule has 0 atom stereocenters. The Labute approximate surface area is 222 Å². The Morgan fingerprint density at radius 3 is 2.32 bits per heavy atom. The molecule has 0 aliphatic carbocycles. The maximum atomic E-state index is 13.8. The lowest BCUT2D eigenvalue weighted by Gasteiger charge is -2.16. The average Bonchev–Trinajstić information content (AvgIpc) is 3.51. The minimum atomic E-state index is -0.231. The summed E-state index contributed by atoms with van der Waals surface area (Å²) >= 11 is 1.60. The number of tetrazole rings is 1. The Balaban J connectivity index is 1.45. The summed E-state index contributed by atoms with van der Waals surface area (Å²) in [4.78, 5) is 14.9. The molecule has 2 N–H and O–H groups in total. The molecule has 0 spiro atoms. The van der Waals surface area contributed by atoms with E-state index >= 15 is 0 Å². The van der Waals surface area contributed by atoms with Gasteiger partial charge in [-0.3, -0.25) is 4.79 Å². The maximum Gasteiger partial charge on any atom is 0.263 e. The quantitative estimate of drug-likeness (QED) is 0.263. The van der Waals surface area contributed by atoms with Crippen LogP contribution in [0.15, 0.2) is 107 Å². The van der Waals surface area contributed by atoms with E-state index in [9.17, 15) is 9.90 Å². The molecule has 0 amide bonds. The van der Waals surface area contributed by atoms with Crippen molar-refractivity contribution in [2.45, 2.75) is 11.4 Å². The van der Waals surface area contributed by atoms with Crippen LogP contribution in [0.4, 0.5) is 0 Å². The number of nitrogens with zero attached hydrogens (tertiary/aromatic N) is 4. The number of nitrogens with one attached hydrogen (secondary N) is 1. The molecule has 0 saturated carbocycles. The fraction of sp³-hybridized carbons (Fsp3) is 0.0667. The largest absolute Gasteiger partial charge is 0.506 e. The van der Waals surface area contributed by atoms with E-state index in [1.165, 1.54) is 0 Å². The van der Waals surface area contributed by atoms with Crippen LogP contribution in [0.25, 0.3) is 44.5 Å². The summed E-state index contributed by atoms with van der Waals surface area (Å²) in [6.07, 6.45) is 1.99. The summed E-state index contributed by atoms with van der Waals surface area (Å²) in [5.74, 6) is 0.540. The molecule has 0 saturated heterocycles. The van der Waals surface area contributed by atoms with Crippen molar-refractivity contribution in [3.63, 3.8) is 0 Å². The standard InChI is InChI=1S/C30H23N5O2S/c1-38-22-15-16-25-26(17-22)35(30(37)27(28(25)36)21-7-3-2-4-8-21)18-19-11-13-20(14-12-19)23-9-5-6-10-24(23)29-31-33-34-32-29/h2-17,36H,18H2,1H3,(H,31,32,33,34). The smallest absolute Gasteiger partial charge is 0.263 e.